The van der Waals surface area contributed by atoms with Crippen molar-refractivity contribution >= 4 is 77.9 Å². The Morgan fingerprint density at radius 2 is 0.922 bits per heavy atom. The Hall–Kier alpha value is -10.4. The molecule has 90 heavy (non-hydrogen) atoms. The second-order valence-electron chi connectivity index (χ2n) is 26.8. The molecule has 14 aromatic rings. The molecule has 0 bridgehead atoms. The first kappa shape index (κ1) is 56.2. The van der Waals surface area contributed by atoms with Crippen LogP contribution in [0.1, 0.15) is 97.2 Å². The number of benzene rings is 11. The highest BCUT2D eigenvalue weighted by atomic mass is 16.3. The van der Waals surface area contributed by atoms with Gasteiger partial charge in [-0.2, -0.15) is 0 Å². The van der Waals surface area contributed by atoms with Crippen LogP contribution in [-0.4, -0.2) is 9.97 Å². The second-order valence-corrected chi connectivity index (χ2v) is 26.8. The molecule has 0 amide bonds. The maximum Gasteiger partial charge on any atom is 0.145 e. The van der Waals surface area contributed by atoms with E-state index in [1.165, 1.54) is 33.4 Å². The number of pyridine rings is 2. The number of furan rings is 1. The Kier molecular flexibility index (Phi) is 13.4. The summed E-state index contributed by atoms with van der Waals surface area (Å²) in [5, 5.41) is 6.65. The lowest BCUT2D eigenvalue weighted by atomic mass is 9.66. The summed E-state index contributed by atoms with van der Waals surface area (Å²) in [4.78, 5) is 15.6. The van der Waals surface area contributed by atoms with Gasteiger partial charge in [-0.3, -0.25) is 9.80 Å². The van der Waals surface area contributed by atoms with Gasteiger partial charge in [0.2, 0.25) is 0 Å². The number of nitrogens with zero attached hydrogens (tertiary/aromatic N) is 4. The van der Waals surface area contributed by atoms with Gasteiger partial charge in [-0.15, -0.1) is 0 Å². The molecular formula is C85H72N4O. The van der Waals surface area contributed by atoms with E-state index in [4.69, 9.17) is 14.4 Å². The van der Waals surface area contributed by atoms with Crippen LogP contribution >= 0.6 is 0 Å². The number of aromatic nitrogens is 2. The molecule has 0 radical (unpaired) electrons. The summed E-state index contributed by atoms with van der Waals surface area (Å²) >= 11 is 0. The summed E-state index contributed by atoms with van der Waals surface area (Å²) in [6, 6.07) is 90.0. The first-order valence-corrected chi connectivity index (χ1v) is 31.5. The highest BCUT2D eigenvalue weighted by Crippen LogP contribution is 2.64. The van der Waals surface area contributed by atoms with E-state index >= 15 is 0 Å². The van der Waals surface area contributed by atoms with Gasteiger partial charge in [0.05, 0.1) is 16.5 Å². The van der Waals surface area contributed by atoms with Crippen molar-refractivity contribution in [3.63, 3.8) is 0 Å². The topological polar surface area (TPSA) is 45.4 Å². The van der Waals surface area contributed by atoms with Gasteiger partial charge >= 0.3 is 0 Å². The summed E-state index contributed by atoms with van der Waals surface area (Å²) < 4.78 is 7.61. The Bertz CT molecular complexity index is 5080. The van der Waals surface area contributed by atoms with E-state index in [-0.39, 0.29) is 10.8 Å². The molecule has 15 rings (SSSR count). The number of fused-ring (bicyclic) bond motifs is 12. The van der Waals surface area contributed by atoms with Crippen LogP contribution in [0, 0.1) is 27.7 Å². The lowest BCUT2D eigenvalue weighted by Crippen LogP contribution is -2.29. The quantitative estimate of drug-likeness (QED) is 0.128. The van der Waals surface area contributed by atoms with Crippen LogP contribution in [0.2, 0.25) is 0 Å². The molecule has 0 fully saturated rings. The van der Waals surface area contributed by atoms with Crippen molar-refractivity contribution < 1.29 is 4.42 Å². The summed E-state index contributed by atoms with van der Waals surface area (Å²) in [6.07, 6.45) is 4.06. The van der Waals surface area contributed by atoms with E-state index in [2.05, 4.69) is 322 Å². The van der Waals surface area contributed by atoms with Crippen LogP contribution in [0.25, 0.3) is 76.9 Å². The lowest BCUT2D eigenvalue weighted by Gasteiger charge is -2.36. The van der Waals surface area contributed by atoms with Crippen LogP contribution in [0.3, 0.4) is 0 Å². The summed E-state index contributed by atoms with van der Waals surface area (Å²) in [7, 11) is 0. The SMILES string of the molecule is Cc1cnc(N(c2ccc(C(C)(C)C)cc2)c2ccc3c4c(c5ccccc5c3c2)-c2c(cc(N(c3ccc(C(C)(C)C)cc3)c3cc(-c5ccccc5C)c(C)cn3)c3c2oc2ccccc23)C4(c2ccccc2)c2ccccc2)c(-c2ccccc2C)c1. The normalized spacial score (nSPS) is 12.9. The zero-order valence-corrected chi connectivity index (χ0v) is 52.9. The minimum absolute atomic E-state index is 0.0328. The minimum Gasteiger partial charge on any atom is -0.455 e. The van der Waals surface area contributed by atoms with Gasteiger partial charge < -0.3 is 4.42 Å². The molecule has 0 N–H and O–H groups in total. The fourth-order valence-electron chi connectivity index (χ4n) is 14.5. The van der Waals surface area contributed by atoms with Gasteiger partial charge in [0.15, 0.2) is 0 Å². The van der Waals surface area contributed by atoms with Gasteiger partial charge in [-0.1, -0.05) is 224 Å². The van der Waals surface area contributed by atoms with E-state index < -0.39 is 5.41 Å². The Labute approximate surface area is 528 Å². The molecule has 3 heterocycles. The predicted molar refractivity (Wildman–Crippen MR) is 378 cm³/mol. The maximum absolute atomic E-state index is 7.61. The van der Waals surface area contributed by atoms with Crippen molar-refractivity contribution in [1.82, 2.24) is 9.97 Å². The monoisotopic (exact) mass is 1160 g/mol. The smallest absolute Gasteiger partial charge is 0.145 e. The van der Waals surface area contributed by atoms with Crippen molar-refractivity contribution in [3.05, 3.63) is 311 Å². The maximum atomic E-state index is 7.61. The van der Waals surface area contributed by atoms with E-state index in [0.717, 1.165) is 134 Å². The minimum atomic E-state index is -0.896. The summed E-state index contributed by atoms with van der Waals surface area (Å²) in [5.41, 5.74) is 23.3. The molecule has 3 aromatic heterocycles. The third kappa shape index (κ3) is 9.04. The molecule has 0 spiro atoms. The van der Waals surface area contributed by atoms with E-state index in [0.29, 0.717) is 0 Å². The number of hydrogen-bond donors (Lipinski definition) is 0. The van der Waals surface area contributed by atoms with E-state index in [9.17, 15) is 0 Å². The Morgan fingerprint density at radius 1 is 0.389 bits per heavy atom. The molecule has 0 aliphatic heterocycles. The zero-order chi connectivity index (χ0) is 61.8. The Balaban J connectivity index is 1.08. The van der Waals surface area contributed by atoms with Crippen LogP contribution in [0.15, 0.2) is 259 Å². The van der Waals surface area contributed by atoms with Crippen LogP contribution in [0.4, 0.5) is 34.4 Å². The van der Waals surface area contributed by atoms with Gasteiger partial charge in [-0.25, -0.2) is 9.97 Å². The third-order valence-corrected chi connectivity index (χ3v) is 19.0. The molecule has 5 heteroatoms. The standard InChI is InChI=1S/C85H72N4O/c1-53-47-72(65-32-20-18-26-55(65)3)82(87-51-53)88(61-41-37-57(38-42-61)83(5,6)7)63-45-46-68-71(48-63)66-33-21-22-34-67(66)78-79-73(85(80(68)78,59-27-13-11-14-28-59)60-29-15-12-16-30-60)50-74(77-69-35-23-24-36-75(69)90-81(77)79)89(62-43-39-58(40-44-62)84(8,9)10)76-49-70(56(4)52-86-76)64-31-19-17-25-54(64)2/h11-52H,1-10H3. The van der Waals surface area contributed by atoms with E-state index in [1.54, 1.807) is 0 Å². The molecular weight excluding hydrogens is 1090 g/mol. The molecule has 0 saturated heterocycles. The largest absolute Gasteiger partial charge is 0.455 e. The van der Waals surface area contributed by atoms with Gasteiger partial charge in [0.25, 0.3) is 0 Å². The molecule has 438 valence electrons. The average Bonchev–Trinajstić information content (AvgIpc) is 1.49. The first-order valence-electron chi connectivity index (χ1n) is 31.5. The number of anilines is 6. The molecule has 1 aliphatic carbocycles. The number of aryl methyl sites for hydroxylation is 4. The van der Waals surface area contributed by atoms with Crippen molar-refractivity contribution in [3.8, 4) is 33.4 Å². The molecule has 11 aromatic carbocycles. The van der Waals surface area contributed by atoms with Crippen molar-refractivity contribution in [2.75, 3.05) is 9.80 Å². The molecule has 0 atom stereocenters. The number of hydrogen-bond acceptors (Lipinski definition) is 5. The predicted octanol–water partition coefficient (Wildman–Crippen LogP) is 23.1. The number of para-hydroxylation sites is 1. The van der Waals surface area contributed by atoms with Crippen LogP contribution < -0.4 is 9.80 Å². The number of rotatable bonds is 10. The van der Waals surface area contributed by atoms with Gasteiger partial charge in [0, 0.05) is 46.0 Å². The van der Waals surface area contributed by atoms with Gasteiger partial charge in [0.1, 0.15) is 22.8 Å². The highest BCUT2D eigenvalue weighted by molar-refractivity contribution is 6.26. The molecule has 5 nitrogen and oxygen atoms in total. The van der Waals surface area contributed by atoms with Crippen LogP contribution in [0.5, 0.6) is 0 Å². The second kappa shape index (κ2) is 21.5. The lowest BCUT2D eigenvalue weighted by molar-refractivity contribution is 0.590. The zero-order valence-electron chi connectivity index (χ0n) is 52.9. The van der Waals surface area contributed by atoms with Crippen molar-refractivity contribution in [1.29, 1.82) is 0 Å². The molecule has 0 unspecified atom stereocenters. The van der Waals surface area contributed by atoms with Gasteiger partial charge in [-0.05, 0) is 199 Å². The highest BCUT2D eigenvalue weighted by Gasteiger charge is 2.50. The fraction of sp³-hybridized carbons (Fsp3) is 0.153. The van der Waals surface area contributed by atoms with Crippen molar-refractivity contribution in [2.45, 2.75) is 85.5 Å². The molecule has 0 saturated carbocycles. The summed E-state index contributed by atoms with van der Waals surface area (Å²) in [5.74, 6) is 1.68. The Morgan fingerprint density at radius 3 is 1.53 bits per heavy atom. The average molecular weight is 1170 g/mol. The summed E-state index contributed by atoms with van der Waals surface area (Å²) in [6.45, 7) is 22.4. The van der Waals surface area contributed by atoms with E-state index in [1.807, 2.05) is 12.4 Å². The molecule has 1 aliphatic rings. The van der Waals surface area contributed by atoms with Crippen molar-refractivity contribution in [2.24, 2.45) is 0 Å². The first-order chi connectivity index (χ1) is 43.6. The third-order valence-electron chi connectivity index (χ3n) is 19.0. The van der Waals surface area contributed by atoms with Crippen LogP contribution in [-0.2, 0) is 16.2 Å². The fourth-order valence-corrected chi connectivity index (χ4v) is 14.5.